The minimum absolute atomic E-state index is 0.0988. The zero-order valence-electron chi connectivity index (χ0n) is 15.4. The normalized spacial score (nSPS) is 12.0. The molecule has 0 radical (unpaired) electrons. The molecule has 0 saturated carbocycles. The van der Waals surface area contributed by atoms with E-state index in [1.165, 1.54) is 4.90 Å². The van der Waals surface area contributed by atoms with E-state index in [9.17, 15) is 9.59 Å². The first-order chi connectivity index (χ1) is 10.4. The largest absolute Gasteiger partial charge is 0.458 e. The lowest BCUT2D eigenvalue weighted by atomic mass is 10.2. The molecule has 0 spiro atoms. The number of nitrogens with zero attached hydrogens (tertiary/aromatic N) is 1. The maximum atomic E-state index is 11.7. The van der Waals surface area contributed by atoms with Gasteiger partial charge in [-0.1, -0.05) is 0 Å². The second-order valence-electron chi connectivity index (χ2n) is 7.15. The summed E-state index contributed by atoms with van der Waals surface area (Å²) in [5, 5.41) is 0. The van der Waals surface area contributed by atoms with Gasteiger partial charge in [0, 0.05) is 13.6 Å². The lowest BCUT2D eigenvalue weighted by Crippen LogP contribution is -2.36. The van der Waals surface area contributed by atoms with E-state index in [4.69, 9.17) is 18.9 Å². The van der Waals surface area contributed by atoms with Gasteiger partial charge in [-0.15, -0.1) is 0 Å². The molecule has 0 aromatic heterocycles. The number of carbonyl (C=O) groups is 2. The third-order valence-corrected chi connectivity index (χ3v) is 2.29. The van der Waals surface area contributed by atoms with Crippen LogP contribution in [0.25, 0.3) is 0 Å². The Bertz CT molecular complexity index is 370. The van der Waals surface area contributed by atoms with E-state index >= 15 is 0 Å². The van der Waals surface area contributed by atoms with Crippen molar-refractivity contribution in [2.75, 3.05) is 40.0 Å². The van der Waals surface area contributed by atoms with Crippen LogP contribution in [0, 0.1) is 0 Å². The van der Waals surface area contributed by atoms with Gasteiger partial charge in [-0.25, -0.2) is 9.59 Å². The third kappa shape index (κ3) is 14.0. The Balaban J connectivity index is 3.63. The molecule has 0 bridgehead atoms. The topological polar surface area (TPSA) is 74.3 Å². The van der Waals surface area contributed by atoms with E-state index in [1.807, 2.05) is 20.8 Å². The van der Waals surface area contributed by atoms with Gasteiger partial charge in [-0.3, -0.25) is 0 Å². The van der Waals surface area contributed by atoms with E-state index in [2.05, 4.69) is 0 Å². The van der Waals surface area contributed by atoms with Gasteiger partial charge in [0.1, 0.15) is 17.8 Å². The highest BCUT2D eigenvalue weighted by atomic mass is 16.6. The number of esters is 1. The van der Waals surface area contributed by atoms with Gasteiger partial charge in [-0.05, 0) is 41.5 Å². The molecule has 7 nitrogen and oxygen atoms in total. The fourth-order valence-electron chi connectivity index (χ4n) is 1.38. The third-order valence-electron chi connectivity index (χ3n) is 2.29. The van der Waals surface area contributed by atoms with Crippen LogP contribution in [0.5, 0.6) is 0 Å². The molecule has 0 aromatic rings. The Hall–Kier alpha value is -1.34. The minimum Gasteiger partial charge on any atom is -0.458 e. The quantitative estimate of drug-likeness (QED) is 0.501. The molecule has 0 aromatic carbocycles. The molecular weight excluding hydrogens is 302 g/mol. The summed E-state index contributed by atoms with van der Waals surface area (Å²) < 4.78 is 20.8. The fourth-order valence-corrected chi connectivity index (χ4v) is 1.38. The highest BCUT2D eigenvalue weighted by molar-refractivity contribution is 5.71. The maximum absolute atomic E-state index is 11.7. The lowest BCUT2D eigenvalue weighted by Gasteiger charge is -2.24. The molecule has 0 aliphatic carbocycles. The van der Waals surface area contributed by atoms with Crippen LogP contribution in [0.1, 0.15) is 41.5 Å². The Morgan fingerprint density at radius 1 is 0.826 bits per heavy atom. The molecule has 0 aliphatic heterocycles. The molecule has 1 amide bonds. The van der Waals surface area contributed by atoms with Crippen LogP contribution in [0.15, 0.2) is 0 Å². The first kappa shape index (κ1) is 21.7. The zero-order chi connectivity index (χ0) is 18.1. The van der Waals surface area contributed by atoms with E-state index < -0.39 is 17.2 Å². The number of rotatable bonds is 8. The van der Waals surface area contributed by atoms with Gasteiger partial charge in [0.25, 0.3) is 0 Å². The zero-order valence-corrected chi connectivity index (χ0v) is 15.4. The summed E-state index contributed by atoms with van der Waals surface area (Å²) in [6.45, 7) is 12.2. The van der Waals surface area contributed by atoms with E-state index in [0.29, 0.717) is 19.8 Å². The second-order valence-corrected chi connectivity index (χ2v) is 7.15. The molecule has 0 saturated heterocycles. The summed E-state index contributed by atoms with van der Waals surface area (Å²) in [5.74, 6) is -0.401. The van der Waals surface area contributed by atoms with Crippen LogP contribution in [0.2, 0.25) is 0 Å². The first-order valence-electron chi connectivity index (χ1n) is 7.72. The first-order valence-corrected chi connectivity index (χ1v) is 7.72. The molecule has 23 heavy (non-hydrogen) atoms. The van der Waals surface area contributed by atoms with Crippen molar-refractivity contribution in [2.24, 2.45) is 0 Å². The van der Waals surface area contributed by atoms with Crippen LogP contribution in [0.4, 0.5) is 4.79 Å². The summed E-state index contributed by atoms with van der Waals surface area (Å²) >= 11 is 0. The van der Waals surface area contributed by atoms with Crippen LogP contribution in [0.3, 0.4) is 0 Å². The summed E-state index contributed by atoms with van der Waals surface area (Å²) in [6, 6.07) is 0. The van der Waals surface area contributed by atoms with Gasteiger partial charge in [0.05, 0.1) is 19.8 Å². The average Bonchev–Trinajstić information content (AvgIpc) is 2.33. The summed E-state index contributed by atoms with van der Waals surface area (Å²) in [7, 11) is 1.65. The predicted molar refractivity (Wildman–Crippen MR) is 86.3 cm³/mol. The van der Waals surface area contributed by atoms with Crippen molar-refractivity contribution in [2.45, 2.75) is 52.7 Å². The average molecular weight is 333 g/mol. The number of likely N-dealkylation sites (N-methyl/N-ethyl adjacent to an activating group) is 1. The van der Waals surface area contributed by atoms with Crippen LogP contribution in [-0.2, 0) is 23.7 Å². The van der Waals surface area contributed by atoms with Gasteiger partial charge in [-0.2, -0.15) is 0 Å². The Labute approximate surface area is 139 Å². The minimum atomic E-state index is -0.512. The number of hydrogen-bond donors (Lipinski definition) is 0. The van der Waals surface area contributed by atoms with Crippen molar-refractivity contribution < 1.29 is 28.5 Å². The van der Waals surface area contributed by atoms with Gasteiger partial charge in [0.2, 0.25) is 0 Å². The molecule has 0 N–H and O–H groups in total. The van der Waals surface area contributed by atoms with Crippen molar-refractivity contribution in [1.29, 1.82) is 0 Å². The summed E-state index contributed by atoms with van der Waals surface area (Å²) in [6.07, 6.45) is -0.387. The van der Waals surface area contributed by atoms with Crippen molar-refractivity contribution in [3.05, 3.63) is 0 Å². The molecule has 7 heteroatoms. The highest BCUT2D eigenvalue weighted by Gasteiger charge is 2.19. The summed E-state index contributed by atoms with van der Waals surface area (Å²) in [4.78, 5) is 24.5. The molecule has 0 aliphatic rings. The second kappa shape index (κ2) is 9.72. The number of ether oxygens (including phenoxy) is 4. The monoisotopic (exact) mass is 333 g/mol. The SMILES string of the molecule is CN(CCOCCOCC(=O)OC(C)(C)C)C(=O)OC(C)(C)C. The van der Waals surface area contributed by atoms with Crippen molar-refractivity contribution in [1.82, 2.24) is 4.90 Å². The van der Waals surface area contributed by atoms with Crippen LogP contribution < -0.4 is 0 Å². The van der Waals surface area contributed by atoms with Gasteiger partial charge < -0.3 is 23.8 Å². The Morgan fingerprint density at radius 3 is 1.87 bits per heavy atom. The predicted octanol–water partition coefficient (Wildman–Crippen LogP) is 2.23. The van der Waals surface area contributed by atoms with Crippen molar-refractivity contribution in [3.63, 3.8) is 0 Å². The van der Waals surface area contributed by atoms with Crippen LogP contribution >= 0.6 is 0 Å². The fraction of sp³-hybridized carbons (Fsp3) is 0.875. The molecule has 136 valence electrons. The molecule has 0 atom stereocenters. The molecule has 0 unspecified atom stereocenters. The number of carbonyl (C=O) groups excluding carboxylic acids is 2. The molecule has 0 fully saturated rings. The standard InChI is InChI=1S/C16H31NO6/c1-15(2,3)22-13(18)12-21-11-10-20-9-8-17(7)14(19)23-16(4,5)6/h8-12H2,1-7H3. The molecule has 0 heterocycles. The van der Waals surface area contributed by atoms with E-state index in [0.717, 1.165) is 0 Å². The van der Waals surface area contributed by atoms with E-state index in [1.54, 1.807) is 27.8 Å². The maximum Gasteiger partial charge on any atom is 0.410 e. The Kier molecular flexibility index (Phi) is 9.16. The number of amides is 1. The molecular formula is C16H31NO6. The lowest BCUT2D eigenvalue weighted by molar-refractivity contribution is -0.160. The highest BCUT2D eigenvalue weighted by Crippen LogP contribution is 2.09. The molecule has 0 rings (SSSR count). The summed E-state index contributed by atoms with van der Waals surface area (Å²) in [5.41, 5.74) is -1.02. The van der Waals surface area contributed by atoms with Gasteiger partial charge >= 0.3 is 12.1 Å². The van der Waals surface area contributed by atoms with Crippen molar-refractivity contribution in [3.8, 4) is 0 Å². The number of hydrogen-bond acceptors (Lipinski definition) is 6. The smallest absolute Gasteiger partial charge is 0.410 e. The Morgan fingerprint density at radius 2 is 1.35 bits per heavy atom. The van der Waals surface area contributed by atoms with Gasteiger partial charge in [0.15, 0.2) is 0 Å². The van der Waals surface area contributed by atoms with Crippen molar-refractivity contribution >= 4 is 12.1 Å². The van der Waals surface area contributed by atoms with Crippen LogP contribution in [-0.4, -0.2) is 68.2 Å². The van der Waals surface area contributed by atoms with E-state index in [-0.39, 0.29) is 19.3 Å².